The van der Waals surface area contributed by atoms with E-state index in [0.717, 1.165) is 0 Å². The van der Waals surface area contributed by atoms with Crippen molar-refractivity contribution in [1.29, 1.82) is 0 Å². The van der Waals surface area contributed by atoms with Gasteiger partial charge in [-0.3, -0.25) is 19.8 Å². The Bertz CT molecular complexity index is 1410. The predicted octanol–water partition coefficient (Wildman–Crippen LogP) is 4.28. The van der Waals surface area contributed by atoms with Crippen LogP contribution in [0.15, 0.2) is 71.1 Å². The molecule has 11 heteroatoms. The Morgan fingerprint density at radius 2 is 1.66 bits per heavy atom. The van der Waals surface area contributed by atoms with E-state index >= 15 is 0 Å². The van der Waals surface area contributed by atoms with Crippen molar-refractivity contribution in [3.8, 4) is 0 Å². The van der Waals surface area contributed by atoms with Crippen molar-refractivity contribution in [2.45, 2.75) is 32.6 Å². The van der Waals surface area contributed by atoms with Crippen molar-refractivity contribution in [2.75, 3.05) is 33.4 Å². The highest BCUT2D eigenvalue weighted by Gasteiger charge is 2.38. The highest BCUT2D eigenvalue weighted by atomic mass is 19.1. The zero-order chi connectivity index (χ0) is 29.7. The van der Waals surface area contributed by atoms with Gasteiger partial charge < -0.3 is 14.8 Å². The fourth-order valence-corrected chi connectivity index (χ4v) is 5.41. The number of benzene rings is 2. The molecule has 1 unspecified atom stereocenters. The van der Waals surface area contributed by atoms with Crippen molar-refractivity contribution in [3.05, 3.63) is 98.1 Å². The average molecular weight is 566 g/mol. The first-order valence-corrected chi connectivity index (χ1v) is 13.3. The van der Waals surface area contributed by atoms with Gasteiger partial charge in [0.15, 0.2) is 5.78 Å². The fraction of sp³-hybridized carbons (Fsp3) is 0.367. The number of ketones is 1. The zero-order valence-corrected chi connectivity index (χ0v) is 23.1. The summed E-state index contributed by atoms with van der Waals surface area (Å²) >= 11 is 0. The fourth-order valence-electron chi connectivity index (χ4n) is 5.41. The van der Waals surface area contributed by atoms with E-state index in [1.165, 1.54) is 49.6 Å². The number of likely N-dealkylation sites (tertiary alicyclic amines) is 1. The van der Waals surface area contributed by atoms with Crippen LogP contribution in [0.4, 0.5) is 10.1 Å². The number of nitro benzene ring substituents is 1. The third-order valence-corrected chi connectivity index (χ3v) is 7.53. The number of piperidine rings is 1. The molecule has 0 aromatic heterocycles. The summed E-state index contributed by atoms with van der Waals surface area (Å²) in [5.41, 5.74) is 1.99. The Hall–Kier alpha value is -4.38. The van der Waals surface area contributed by atoms with E-state index in [9.17, 15) is 28.9 Å². The van der Waals surface area contributed by atoms with Gasteiger partial charge in [-0.25, -0.2) is 14.0 Å². The van der Waals surface area contributed by atoms with Gasteiger partial charge in [0.2, 0.25) is 0 Å². The van der Waals surface area contributed by atoms with Gasteiger partial charge in [-0.2, -0.15) is 0 Å². The summed E-state index contributed by atoms with van der Waals surface area (Å²) in [6.07, 6.45) is 1.28. The molecule has 0 bridgehead atoms. The highest BCUT2D eigenvalue weighted by molar-refractivity contribution is 6.00. The number of nitrogens with one attached hydrogen (secondary N) is 1. The Morgan fingerprint density at radius 1 is 1.02 bits per heavy atom. The highest BCUT2D eigenvalue weighted by Crippen LogP contribution is 2.40. The molecule has 0 spiro atoms. The molecule has 1 saturated heterocycles. The van der Waals surface area contributed by atoms with Crippen LogP contribution in [0, 0.1) is 21.8 Å². The number of esters is 2. The molecule has 2 aliphatic rings. The lowest BCUT2D eigenvalue weighted by Gasteiger charge is -2.32. The number of nitro groups is 1. The van der Waals surface area contributed by atoms with Crippen LogP contribution in [0.2, 0.25) is 0 Å². The van der Waals surface area contributed by atoms with Gasteiger partial charge >= 0.3 is 11.9 Å². The van der Waals surface area contributed by atoms with E-state index in [2.05, 4.69) is 10.2 Å². The average Bonchev–Trinajstić information content (AvgIpc) is 2.96. The largest absolute Gasteiger partial charge is 0.466 e. The number of ether oxygens (including phenoxy) is 2. The quantitative estimate of drug-likeness (QED) is 0.205. The number of carbonyl (C=O) groups excluding carboxylic acids is 3. The number of hydrogen-bond acceptors (Lipinski definition) is 9. The first kappa shape index (κ1) is 29.6. The maximum absolute atomic E-state index is 13.4. The van der Waals surface area contributed by atoms with E-state index in [4.69, 9.17) is 9.47 Å². The summed E-state index contributed by atoms with van der Waals surface area (Å²) in [4.78, 5) is 52.0. The molecule has 41 heavy (non-hydrogen) atoms. The van der Waals surface area contributed by atoms with E-state index < -0.39 is 22.8 Å². The minimum Gasteiger partial charge on any atom is -0.466 e. The van der Waals surface area contributed by atoms with Crippen molar-refractivity contribution in [3.63, 3.8) is 0 Å². The Balaban J connectivity index is 1.42. The summed E-state index contributed by atoms with van der Waals surface area (Å²) in [6, 6.07) is 11.4. The molecule has 2 aromatic carbocycles. The van der Waals surface area contributed by atoms with Crippen molar-refractivity contribution in [1.82, 2.24) is 10.2 Å². The zero-order valence-electron chi connectivity index (χ0n) is 23.1. The number of methoxy groups -OCH3 is 1. The molecule has 2 heterocycles. The molecule has 1 N–H and O–H groups in total. The van der Waals surface area contributed by atoms with Crippen LogP contribution in [0.3, 0.4) is 0 Å². The van der Waals surface area contributed by atoms with Crippen LogP contribution in [-0.4, -0.2) is 60.9 Å². The molecule has 1 atom stereocenters. The van der Waals surface area contributed by atoms with Crippen molar-refractivity contribution < 1.29 is 33.2 Å². The Morgan fingerprint density at radius 3 is 2.27 bits per heavy atom. The van der Waals surface area contributed by atoms with Crippen molar-refractivity contribution in [2.24, 2.45) is 5.92 Å². The van der Waals surface area contributed by atoms with Gasteiger partial charge in [0, 0.05) is 41.6 Å². The number of nitrogens with zero attached hydrogens (tertiary/aromatic N) is 2. The minimum absolute atomic E-state index is 0.000220. The second-order valence-electron chi connectivity index (χ2n) is 10.1. The maximum Gasteiger partial charge on any atom is 0.336 e. The molecular formula is C30H32FN3O7. The summed E-state index contributed by atoms with van der Waals surface area (Å²) in [7, 11) is 1.23. The molecule has 0 saturated carbocycles. The summed E-state index contributed by atoms with van der Waals surface area (Å²) in [5, 5.41) is 14.5. The molecule has 4 rings (SSSR count). The molecule has 2 aromatic rings. The van der Waals surface area contributed by atoms with Gasteiger partial charge in [-0.15, -0.1) is 0 Å². The third kappa shape index (κ3) is 6.68. The number of hydrogen-bond donors (Lipinski definition) is 1. The molecule has 0 radical (unpaired) electrons. The number of allylic oxidation sites excluding steroid dienone is 2. The lowest BCUT2D eigenvalue weighted by Crippen LogP contribution is -2.39. The molecule has 2 aliphatic heterocycles. The Kier molecular flexibility index (Phi) is 9.28. The predicted molar refractivity (Wildman–Crippen MR) is 147 cm³/mol. The molecule has 1 fully saturated rings. The standard InChI is InChI=1S/C30H32FN3O7/c1-18-25(29(36)40-3)27(22-5-4-6-24(17-22)34(38)39)26(19(2)32-18)30(37)41-16-15-33-13-11-21(12-14-33)28(35)20-7-9-23(31)10-8-20/h4-10,17,21,27,32H,11-16H2,1-3H3. The second-order valence-corrected chi connectivity index (χ2v) is 10.1. The number of non-ortho nitro benzene ring substituents is 1. The van der Waals surface area contributed by atoms with Gasteiger partial charge in [0.05, 0.1) is 29.1 Å². The van der Waals surface area contributed by atoms with Gasteiger partial charge in [-0.05, 0) is 69.6 Å². The van der Waals surface area contributed by atoms with Gasteiger partial charge in [-0.1, -0.05) is 12.1 Å². The first-order valence-electron chi connectivity index (χ1n) is 13.3. The molecule has 0 aliphatic carbocycles. The SMILES string of the molecule is COC(=O)C1=C(C)NC(C)=C(C(=O)OCCN2CCC(C(=O)c3ccc(F)cc3)CC2)C1c1cccc([N+](=O)[O-])c1. The smallest absolute Gasteiger partial charge is 0.336 e. The number of halogens is 1. The van der Waals surface area contributed by atoms with Crippen LogP contribution < -0.4 is 5.32 Å². The van der Waals surface area contributed by atoms with Crippen molar-refractivity contribution >= 4 is 23.4 Å². The number of Topliss-reactive ketones (excluding diaryl/α,β-unsaturated/α-hetero) is 1. The van der Waals surface area contributed by atoms with E-state index in [-0.39, 0.29) is 41.0 Å². The first-order chi connectivity index (χ1) is 19.6. The van der Waals surface area contributed by atoms with E-state index in [0.29, 0.717) is 55.0 Å². The van der Waals surface area contributed by atoms with Crippen LogP contribution in [-0.2, 0) is 19.1 Å². The van der Waals surface area contributed by atoms with E-state index in [1.54, 1.807) is 19.9 Å². The summed E-state index contributed by atoms with van der Waals surface area (Å²) < 4.78 is 23.8. The Labute approximate surface area is 237 Å². The molecule has 0 amide bonds. The number of dihydropyridines is 1. The third-order valence-electron chi connectivity index (χ3n) is 7.53. The second kappa shape index (κ2) is 12.9. The van der Waals surface area contributed by atoms with Crippen LogP contribution in [0.25, 0.3) is 0 Å². The normalized spacial score (nSPS) is 18.1. The number of carbonyl (C=O) groups is 3. The van der Waals surface area contributed by atoms with Crippen LogP contribution in [0.5, 0.6) is 0 Å². The van der Waals surface area contributed by atoms with Crippen LogP contribution >= 0.6 is 0 Å². The maximum atomic E-state index is 13.4. The molecular weight excluding hydrogens is 533 g/mol. The van der Waals surface area contributed by atoms with E-state index in [1.807, 2.05) is 0 Å². The number of rotatable bonds is 9. The van der Waals surface area contributed by atoms with Crippen LogP contribution in [0.1, 0.15) is 48.5 Å². The lowest BCUT2D eigenvalue weighted by molar-refractivity contribution is -0.384. The lowest BCUT2D eigenvalue weighted by atomic mass is 9.80. The topological polar surface area (TPSA) is 128 Å². The summed E-state index contributed by atoms with van der Waals surface area (Å²) in [6.45, 7) is 5.16. The minimum atomic E-state index is -0.927. The monoisotopic (exact) mass is 565 g/mol. The molecule has 10 nitrogen and oxygen atoms in total. The van der Waals surface area contributed by atoms with Gasteiger partial charge in [0.25, 0.3) is 5.69 Å². The summed E-state index contributed by atoms with van der Waals surface area (Å²) in [5.74, 6) is -2.78. The van der Waals surface area contributed by atoms with Gasteiger partial charge in [0.1, 0.15) is 12.4 Å². The molecule has 216 valence electrons.